The van der Waals surface area contributed by atoms with E-state index in [-0.39, 0.29) is 22.2 Å². The number of carbonyl (C=O) groups is 1. The van der Waals surface area contributed by atoms with E-state index in [2.05, 4.69) is 15.3 Å². The van der Waals surface area contributed by atoms with Crippen LogP contribution in [0.2, 0.25) is 5.02 Å². The van der Waals surface area contributed by atoms with E-state index in [1.807, 2.05) is 30.3 Å². The van der Waals surface area contributed by atoms with E-state index < -0.39 is 24.3 Å². The van der Waals surface area contributed by atoms with Crippen LogP contribution in [0.15, 0.2) is 60.8 Å². The van der Waals surface area contributed by atoms with Gasteiger partial charge in [0.2, 0.25) is 5.95 Å². The average Bonchev–Trinajstić information content (AvgIpc) is 2.71. The van der Waals surface area contributed by atoms with Crippen molar-refractivity contribution in [1.82, 2.24) is 9.97 Å². The average molecular weight is 422 g/mol. The lowest BCUT2D eigenvalue weighted by molar-refractivity contribution is -0.138. The number of nitrogens with one attached hydrogen (secondary N) is 1. The molecule has 0 bridgehead atoms. The summed E-state index contributed by atoms with van der Waals surface area (Å²) in [5.74, 6) is -0.807. The standard InChI is InChI=1S/C20H15ClF3N3O2/c21-16-11-26-19(25-10-13-6-2-1-3-7-13)27-17(16)18(28)29-12-14-8-4-5-9-15(14)20(22,23)24/h1-9,11H,10,12H2,(H,25,26,27). The van der Waals surface area contributed by atoms with Crippen molar-refractivity contribution in [2.45, 2.75) is 19.3 Å². The molecule has 29 heavy (non-hydrogen) atoms. The zero-order valence-corrected chi connectivity index (χ0v) is 15.7. The Bertz CT molecular complexity index is 998. The second kappa shape index (κ2) is 8.91. The molecule has 0 radical (unpaired) electrons. The maximum Gasteiger partial charge on any atom is 0.416 e. The number of rotatable bonds is 6. The van der Waals surface area contributed by atoms with Crippen LogP contribution in [0.5, 0.6) is 0 Å². The summed E-state index contributed by atoms with van der Waals surface area (Å²) < 4.78 is 44.1. The fourth-order valence-corrected chi connectivity index (χ4v) is 2.68. The fraction of sp³-hybridized carbons (Fsp3) is 0.150. The van der Waals surface area contributed by atoms with Gasteiger partial charge >= 0.3 is 12.1 Å². The Hall–Kier alpha value is -3.13. The molecule has 0 unspecified atom stereocenters. The summed E-state index contributed by atoms with van der Waals surface area (Å²) >= 11 is 5.96. The van der Waals surface area contributed by atoms with Gasteiger partial charge in [0, 0.05) is 12.1 Å². The van der Waals surface area contributed by atoms with Gasteiger partial charge in [-0.2, -0.15) is 13.2 Å². The monoisotopic (exact) mass is 421 g/mol. The summed E-state index contributed by atoms with van der Waals surface area (Å²) in [6, 6.07) is 14.3. The summed E-state index contributed by atoms with van der Waals surface area (Å²) in [5.41, 5.74) is -0.298. The molecular weight excluding hydrogens is 407 g/mol. The SMILES string of the molecule is O=C(OCc1ccccc1C(F)(F)F)c1nc(NCc2ccccc2)ncc1Cl. The van der Waals surface area contributed by atoms with Crippen molar-refractivity contribution in [3.8, 4) is 0 Å². The van der Waals surface area contributed by atoms with E-state index in [1.54, 1.807) is 0 Å². The Kier molecular flexibility index (Phi) is 6.33. The first-order valence-corrected chi connectivity index (χ1v) is 8.85. The molecule has 0 saturated carbocycles. The van der Waals surface area contributed by atoms with E-state index in [9.17, 15) is 18.0 Å². The Balaban J connectivity index is 1.70. The van der Waals surface area contributed by atoms with E-state index in [0.29, 0.717) is 6.54 Å². The summed E-state index contributed by atoms with van der Waals surface area (Å²) in [4.78, 5) is 20.3. The van der Waals surface area contributed by atoms with Crippen LogP contribution in [-0.2, 0) is 24.1 Å². The van der Waals surface area contributed by atoms with Crippen LogP contribution in [0, 0.1) is 0 Å². The fourth-order valence-electron chi connectivity index (χ4n) is 2.51. The predicted molar refractivity (Wildman–Crippen MR) is 101 cm³/mol. The number of esters is 1. The Labute approximate surface area is 169 Å². The van der Waals surface area contributed by atoms with Crippen molar-refractivity contribution in [1.29, 1.82) is 0 Å². The van der Waals surface area contributed by atoms with E-state index in [1.165, 1.54) is 24.4 Å². The first-order valence-electron chi connectivity index (χ1n) is 8.47. The molecule has 0 aliphatic rings. The van der Waals surface area contributed by atoms with Crippen molar-refractivity contribution in [2.75, 3.05) is 5.32 Å². The number of carbonyl (C=O) groups excluding carboxylic acids is 1. The van der Waals surface area contributed by atoms with Crippen LogP contribution in [0.25, 0.3) is 0 Å². The summed E-state index contributed by atoms with van der Waals surface area (Å²) in [5, 5.41) is 2.88. The molecule has 0 saturated heterocycles. The first kappa shape index (κ1) is 20.6. The second-order valence-electron chi connectivity index (χ2n) is 5.96. The van der Waals surface area contributed by atoms with Crippen molar-refractivity contribution < 1.29 is 22.7 Å². The van der Waals surface area contributed by atoms with Gasteiger partial charge in [-0.15, -0.1) is 0 Å². The highest BCUT2D eigenvalue weighted by Crippen LogP contribution is 2.32. The molecule has 5 nitrogen and oxygen atoms in total. The number of aromatic nitrogens is 2. The zero-order valence-electron chi connectivity index (χ0n) is 14.9. The van der Waals surface area contributed by atoms with E-state index in [4.69, 9.17) is 16.3 Å². The number of nitrogens with zero attached hydrogens (tertiary/aromatic N) is 2. The molecular formula is C20H15ClF3N3O2. The van der Waals surface area contributed by atoms with Crippen LogP contribution in [0.4, 0.5) is 19.1 Å². The van der Waals surface area contributed by atoms with Gasteiger partial charge in [0.15, 0.2) is 5.69 Å². The number of alkyl halides is 3. The van der Waals surface area contributed by atoms with Crippen LogP contribution in [-0.4, -0.2) is 15.9 Å². The van der Waals surface area contributed by atoms with Gasteiger partial charge in [0.1, 0.15) is 6.61 Å². The molecule has 2 aromatic carbocycles. The van der Waals surface area contributed by atoms with Crippen LogP contribution in [0.3, 0.4) is 0 Å². The van der Waals surface area contributed by atoms with Crippen LogP contribution < -0.4 is 5.32 Å². The highest BCUT2D eigenvalue weighted by Gasteiger charge is 2.33. The number of ether oxygens (including phenoxy) is 1. The van der Waals surface area contributed by atoms with Gasteiger partial charge in [-0.25, -0.2) is 14.8 Å². The minimum absolute atomic E-state index is 0.0654. The highest BCUT2D eigenvalue weighted by atomic mass is 35.5. The minimum Gasteiger partial charge on any atom is -0.456 e. The maximum atomic E-state index is 13.0. The summed E-state index contributed by atoms with van der Waals surface area (Å²) in [6.45, 7) is -0.155. The summed E-state index contributed by atoms with van der Waals surface area (Å²) in [6.07, 6.45) is -3.33. The van der Waals surface area contributed by atoms with Crippen molar-refractivity contribution in [2.24, 2.45) is 0 Å². The number of hydrogen-bond acceptors (Lipinski definition) is 5. The molecule has 1 aromatic heterocycles. The van der Waals surface area contributed by atoms with Gasteiger partial charge in [-0.1, -0.05) is 60.1 Å². The number of halogens is 4. The molecule has 150 valence electrons. The van der Waals surface area contributed by atoms with Crippen molar-refractivity contribution in [3.05, 3.63) is 88.2 Å². The lowest BCUT2D eigenvalue weighted by Crippen LogP contribution is -2.14. The molecule has 0 fully saturated rings. The second-order valence-corrected chi connectivity index (χ2v) is 6.37. The Morgan fingerprint density at radius 2 is 1.76 bits per heavy atom. The normalized spacial score (nSPS) is 11.2. The number of anilines is 1. The molecule has 3 rings (SSSR count). The molecule has 0 spiro atoms. The van der Waals surface area contributed by atoms with Crippen LogP contribution in [0.1, 0.15) is 27.2 Å². The molecule has 1 N–H and O–H groups in total. The van der Waals surface area contributed by atoms with Gasteiger partial charge in [0.05, 0.1) is 16.8 Å². The van der Waals surface area contributed by atoms with Crippen molar-refractivity contribution >= 4 is 23.5 Å². The minimum atomic E-state index is -4.55. The summed E-state index contributed by atoms with van der Waals surface area (Å²) in [7, 11) is 0. The lowest BCUT2D eigenvalue weighted by Gasteiger charge is -2.13. The number of hydrogen-bond donors (Lipinski definition) is 1. The number of benzene rings is 2. The smallest absolute Gasteiger partial charge is 0.416 e. The Morgan fingerprint density at radius 3 is 2.48 bits per heavy atom. The molecule has 0 aliphatic heterocycles. The van der Waals surface area contributed by atoms with E-state index in [0.717, 1.165) is 11.6 Å². The third kappa shape index (κ3) is 5.45. The van der Waals surface area contributed by atoms with Gasteiger partial charge in [0.25, 0.3) is 0 Å². The van der Waals surface area contributed by atoms with Gasteiger partial charge in [-0.3, -0.25) is 0 Å². The lowest BCUT2D eigenvalue weighted by atomic mass is 10.1. The molecule has 0 aliphatic carbocycles. The largest absolute Gasteiger partial charge is 0.456 e. The maximum absolute atomic E-state index is 13.0. The molecule has 3 aromatic rings. The first-order chi connectivity index (χ1) is 13.8. The third-order valence-electron chi connectivity index (χ3n) is 3.91. The quantitative estimate of drug-likeness (QED) is 0.560. The highest BCUT2D eigenvalue weighted by molar-refractivity contribution is 6.33. The molecule has 0 amide bonds. The van der Waals surface area contributed by atoms with Gasteiger partial charge in [-0.05, 0) is 11.6 Å². The molecule has 0 atom stereocenters. The van der Waals surface area contributed by atoms with E-state index >= 15 is 0 Å². The topological polar surface area (TPSA) is 64.1 Å². The zero-order chi connectivity index (χ0) is 20.9. The van der Waals surface area contributed by atoms with Crippen LogP contribution >= 0.6 is 11.6 Å². The molecule has 1 heterocycles. The van der Waals surface area contributed by atoms with Gasteiger partial charge < -0.3 is 10.1 Å². The molecule has 9 heteroatoms. The Morgan fingerprint density at radius 1 is 1.07 bits per heavy atom. The third-order valence-corrected chi connectivity index (χ3v) is 4.19. The predicted octanol–water partition coefficient (Wildman–Crippen LogP) is 5.12. The van der Waals surface area contributed by atoms with Crippen molar-refractivity contribution in [3.63, 3.8) is 0 Å².